The predicted molar refractivity (Wildman–Crippen MR) is 73.0 cm³/mol. The van der Waals surface area contributed by atoms with E-state index in [1.807, 2.05) is 36.4 Å². The van der Waals surface area contributed by atoms with Gasteiger partial charge in [-0.25, -0.2) is 0 Å². The number of nitro groups is 1. The van der Waals surface area contributed by atoms with Gasteiger partial charge in [-0.3, -0.25) is 14.9 Å². The number of rotatable bonds is 4. The molecule has 1 aromatic carbocycles. The molecule has 0 aromatic heterocycles. The van der Waals surface area contributed by atoms with Crippen LogP contribution in [0, 0.1) is 19.6 Å². The van der Waals surface area contributed by atoms with Crippen LogP contribution in [-0.2, 0) is 0 Å². The van der Waals surface area contributed by atoms with Gasteiger partial charge in [-0.1, -0.05) is 13.8 Å². The molecule has 1 N–H and O–H groups in total. The van der Waals surface area contributed by atoms with Gasteiger partial charge in [0.15, 0.2) is 0 Å². The normalized spacial score (nSPS) is 10.4. The number of hydrogen-bond acceptors (Lipinski definition) is 3. The smallest absolute Gasteiger partial charge is 0.283 e. The number of nitrogens with zero attached hydrogens (tertiary/aromatic N) is 1. The molecule has 0 aliphatic carbocycles. The number of carbonyl (C=O) groups excluding carboxylic acids is 1. The van der Waals surface area contributed by atoms with E-state index in [0.29, 0.717) is 12.5 Å². The fraction of sp³-hybridized carbons (Fsp3) is 0.364. The van der Waals surface area contributed by atoms with E-state index >= 15 is 0 Å². The van der Waals surface area contributed by atoms with E-state index in [4.69, 9.17) is 0 Å². The van der Waals surface area contributed by atoms with Crippen molar-refractivity contribution in [3.8, 4) is 0 Å². The largest absolute Gasteiger partial charge is 0.352 e. The third kappa shape index (κ3) is 3.95. The maximum absolute atomic E-state index is 11.8. The summed E-state index contributed by atoms with van der Waals surface area (Å²) in [5.41, 5.74) is -0.0470. The van der Waals surface area contributed by atoms with Crippen molar-refractivity contribution in [2.75, 3.05) is 6.54 Å². The average Bonchev–Trinajstić information content (AvgIpc) is 2.25. The van der Waals surface area contributed by atoms with Gasteiger partial charge >= 0.3 is 0 Å². The molecule has 0 radical (unpaired) electrons. The predicted octanol–water partition coefficient (Wildman–Crippen LogP) is 2.59. The van der Waals surface area contributed by atoms with Crippen molar-refractivity contribution in [1.29, 1.82) is 0 Å². The SMILES string of the molecule is CC(C)CNC(=O)c1ccc(I)cc1[N+](=O)[O-]. The van der Waals surface area contributed by atoms with Crippen LogP contribution in [0.5, 0.6) is 0 Å². The number of benzene rings is 1. The number of hydrogen-bond donors (Lipinski definition) is 1. The zero-order valence-corrected chi connectivity index (χ0v) is 11.7. The Morgan fingerprint density at radius 1 is 1.53 bits per heavy atom. The Morgan fingerprint density at radius 2 is 2.18 bits per heavy atom. The van der Waals surface area contributed by atoms with E-state index in [2.05, 4.69) is 5.32 Å². The molecule has 0 atom stereocenters. The summed E-state index contributed by atoms with van der Waals surface area (Å²) in [4.78, 5) is 22.1. The van der Waals surface area contributed by atoms with Crippen molar-refractivity contribution in [2.24, 2.45) is 5.92 Å². The van der Waals surface area contributed by atoms with E-state index in [1.54, 1.807) is 6.07 Å². The summed E-state index contributed by atoms with van der Waals surface area (Å²) in [7, 11) is 0. The molecule has 0 fully saturated rings. The van der Waals surface area contributed by atoms with E-state index in [9.17, 15) is 14.9 Å². The van der Waals surface area contributed by atoms with Crippen molar-refractivity contribution in [1.82, 2.24) is 5.32 Å². The number of halogens is 1. The van der Waals surface area contributed by atoms with Crippen LogP contribution in [0.3, 0.4) is 0 Å². The Balaban J connectivity index is 2.96. The molecule has 6 heteroatoms. The van der Waals surface area contributed by atoms with Gasteiger partial charge in [0.05, 0.1) is 4.92 Å². The van der Waals surface area contributed by atoms with Crippen molar-refractivity contribution in [3.63, 3.8) is 0 Å². The minimum absolute atomic E-state index is 0.107. The Kier molecular flexibility index (Phi) is 4.86. The lowest BCUT2D eigenvalue weighted by atomic mass is 10.1. The van der Waals surface area contributed by atoms with Crippen molar-refractivity contribution >= 4 is 34.2 Å². The summed E-state index contributed by atoms with van der Waals surface area (Å²) in [6.07, 6.45) is 0. The number of amides is 1. The van der Waals surface area contributed by atoms with E-state index in [1.165, 1.54) is 12.1 Å². The Morgan fingerprint density at radius 3 is 2.71 bits per heavy atom. The first kappa shape index (κ1) is 13.9. The molecule has 0 saturated carbocycles. The molecular formula is C11H13IN2O3. The molecule has 0 saturated heterocycles. The second kappa shape index (κ2) is 5.95. The standard InChI is InChI=1S/C11H13IN2O3/c1-7(2)6-13-11(15)9-4-3-8(12)5-10(9)14(16)17/h3-5,7H,6H2,1-2H3,(H,13,15). The molecule has 1 rings (SSSR count). The Bertz CT molecular complexity index is 446. The van der Waals surface area contributed by atoms with E-state index in [-0.39, 0.29) is 11.3 Å². The second-order valence-corrected chi connectivity index (χ2v) is 5.27. The van der Waals surface area contributed by atoms with Gasteiger partial charge in [0.1, 0.15) is 5.56 Å². The quantitative estimate of drug-likeness (QED) is 0.516. The third-order valence-electron chi connectivity index (χ3n) is 2.07. The molecule has 0 unspecified atom stereocenters. The Hall–Kier alpha value is -1.18. The maximum atomic E-state index is 11.8. The number of carbonyl (C=O) groups is 1. The van der Waals surface area contributed by atoms with Crippen molar-refractivity contribution < 1.29 is 9.72 Å². The van der Waals surface area contributed by atoms with Crippen LogP contribution in [0.1, 0.15) is 24.2 Å². The minimum Gasteiger partial charge on any atom is -0.352 e. The molecule has 0 spiro atoms. The monoisotopic (exact) mass is 348 g/mol. The van der Waals surface area contributed by atoms with Crippen LogP contribution in [0.4, 0.5) is 5.69 Å². The van der Waals surface area contributed by atoms with Crippen LogP contribution >= 0.6 is 22.6 Å². The molecule has 17 heavy (non-hydrogen) atoms. The molecule has 0 aliphatic rings. The molecule has 0 bridgehead atoms. The van der Waals surface area contributed by atoms with Crippen molar-refractivity contribution in [3.05, 3.63) is 37.4 Å². The van der Waals surface area contributed by atoms with Gasteiger partial charge in [-0.05, 0) is 40.6 Å². The first-order valence-electron chi connectivity index (χ1n) is 5.14. The molecule has 92 valence electrons. The number of nitrogens with one attached hydrogen (secondary N) is 1. The van der Waals surface area contributed by atoms with Gasteiger partial charge in [0.25, 0.3) is 11.6 Å². The summed E-state index contributed by atoms with van der Waals surface area (Å²) in [6, 6.07) is 4.55. The van der Waals surface area contributed by atoms with Crippen molar-refractivity contribution in [2.45, 2.75) is 13.8 Å². The summed E-state index contributed by atoms with van der Waals surface area (Å²) in [5, 5.41) is 13.5. The molecule has 1 amide bonds. The van der Waals surface area contributed by atoms with Crippen LogP contribution in [0.2, 0.25) is 0 Å². The summed E-state index contributed by atoms with van der Waals surface area (Å²) in [6.45, 7) is 4.42. The number of nitro benzene ring substituents is 1. The second-order valence-electron chi connectivity index (χ2n) is 4.02. The van der Waals surface area contributed by atoms with Crippen LogP contribution in [0.15, 0.2) is 18.2 Å². The molecular weight excluding hydrogens is 335 g/mol. The Labute approximate surface area is 113 Å². The summed E-state index contributed by atoms with van der Waals surface area (Å²) in [5.74, 6) is -0.0938. The van der Waals surface area contributed by atoms with Crippen LogP contribution < -0.4 is 5.32 Å². The van der Waals surface area contributed by atoms with Crippen LogP contribution in [-0.4, -0.2) is 17.4 Å². The minimum atomic E-state index is -0.535. The highest BCUT2D eigenvalue weighted by Crippen LogP contribution is 2.21. The molecule has 1 aromatic rings. The molecule has 0 aliphatic heterocycles. The summed E-state index contributed by atoms with van der Waals surface area (Å²) < 4.78 is 0.731. The van der Waals surface area contributed by atoms with Gasteiger partial charge < -0.3 is 5.32 Å². The van der Waals surface area contributed by atoms with Crippen LogP contribution in [0.25, 0.3) is 0 Å². The maximum Gasteiger partial charge on any atom is 0.283 e. The summed E-state index contributed by atoms with van der Waals surface area (Å²) >= 11 is 1.97. The molecule has 5 nitrogen and oxygen atoms in total. The highest BCUT2D eigenvalue weighted by Gasteiger charge is 2.20. The average molecular weight is 348 g/mol. The van der Waals surface area contributed by atoms with Gasteiger partial charge in [0, 0.05) is 16.2 Å². The van der Waals surface area contributed by atoms with Gasteiger partial charge in [-0.2, -0.15) is 0 Å². The zero-order chi connectivity index (χ0) is 13.0. The fourth-order valence-corrected chi connectivity index (χ4v) is 1.71. The lowest BCUT2D eigenvalue weighted by molar-refractivity contribution is -0.385. The topological polar surface area (TPSA) is 72.2 Å². The first-order chi connectivity index (χ1) is 7.91. The van der Waals surface area contributed by atoms with Gasteiger partial charge in [-0.15, -0.1) is 0 Å². The lowest BCUT2D eigenvalue weighted by Crippen LogP contribution is -2.27. The van der Waals surface area contributed by atoms with Gasteiger partial charge in [0.2, 0.25) is 0 Å². The highest BCUT2D eigenvalue weighted by atomic mass is 127. The zero-order valence-electron chi connectivity index (χ0n) is 9.57. The third-order valence-corrected chi connectivity index (χ3v) is 2.74. The first-order valence-corrected chi connectivity index (χ1v) is 6.22. The van der Waals surface area contributed by atoms with E-state index < -0.39 is 10.8 Å². The molecule has 0 heterocycles. The van der Waals surface area contributed by atoms with E-state index in [0.717, 1.165) is 3.57 Å². The fourth-order valence-electron chi connectivity index (χ4n) is 1.24. The lowest BCUT2D eigenvalue weighted by Gasteiger charge is -2.08. The highest BCUT2D eigenvalue weighted by molar-refractivity contribution is 14.1.